The Hall–Kier alpha value is -0.410. The standard InChI is InChI=1S/C8H15NO2/c1-7(10)2-3-8(11)4-5-9-6-8/h9,11H,2-6H2,1H3. The predicted octanol–water partition coefficient (Wildman–Crippen LogP) is 0.0800. The molecule has 0 aromatic carbocycles. The third-order valence-corrected chi connectivity index (χ3v) is 2.16. The van der Waals surface area contributed by atoms with Gasteiger partial charge in [-0.3, -0.25) is 0 Å². The van der Waals surface area contributed by atoms with E-state index >= 15 is 0 Å². The van der Waals surface area contributed by atoms with E-state index in [-0.39, 0.29) is 5.78 Å². The molecule has 0 bridgehead atoms. The van der Waals surface area contributed by atoms with E-state index in [9.17, 15) is 9.90 Å². The Morgan fingerprint density at radius 2 is 2.45 bits per heavy atom. The van der Waals surface area contributed by atoms with Crippen molar-refractivity contribution in [3.05, 3.63) is 0 Å². The maximum atomic E-state index is 10.6. The lowest BCUT2D eigenvalue weighted by Crippen LogP contribution is -2.31. The summed E-state index contributed by atoms with van der Waals surface area (Å²) in [5.74, 6) is 0.158. The van der Waals surface area contributed by atoms with E-state index in [1.165, 1.54) is 0 Å². The fourth-order valence-electron chi connectivity index (χ4n) is 1.35. The summed E-state index contributed by atoms with van der Waals surface area (Å²) in [5.41, 5.74) is -0.605. The molecule has 3 heteroatoms. The number of hydrogen-bond donors (Lipinski definition) is 2. The molecular formula is C8H15NO2. The number of β-amino-alcohol motifs (C(OH)–C–C–N with tert-alkyl or cyclic N) is 1. The van der Waals surface area contributed by atoms with Crippen LogP contribution in [0.15, 0.2) is 0 Å². The van der Waals surface area contributed by atoms with Gasteiger partial charge in [-0.15, -0.1) is 0 Å². The molecule has 11 heavy (non-hydrogen) atoms. The first-order chi connectivity index (χ1) is 5.12. The zero-order valence-electron chi connectivity index (χ0n) is 6.89. The largest absolute Gasteiger partial charge is 0.389 e. The quantitative estimate of drug-likeness (QED) is 0.610. The van der Waals surface area contributed by atoms with Crippen molar-refractivity contribution in [2.45, 2.75) is 31.8 Å². The lowest BCUT2D eigenvalue weighted by Gasteiger charge is -2.19. The van der Waals surface area contributed by atoms with Crippen LogP contribution in [0.25, 0.3) is 0 Å². The molecule has 1 aliphatic rings. The first kappa shape index (κ1) is 8.68. The third kappa shape index (κ3) is 2.60. The van der Waals surface area contributed by atoms with Crippen molar-refractivity contribution in [1.29, 1.82) is 0 Å². The van der Waals surface area contributed by atoms with E-state index < -0.39 is 5.60 Å². The van der Waals surface area contributed by atoms with Crippen molar-refractivity contribution in [3.63, 3.8) is 0 Å². The van der Waals surface area contributed by atoms with Crippen LogP contribution in [0, 0.1) is 0 Å². The van der Waals surface area contributed by atoms with Gasteiger partial charge in [-0.2, -0.15) is 0 Å². The summed E-state index contributed by atoms with van der Waals surface area (Å²) < 4.78 is 0. The summed E-state index contributed by atoms with van der Waals surface area (Å²) in [4.78, 5) is 10.6. The van der Waals surface area contributed by atoms with Crippen molar-refractivity contribution in [2.24, 2.45) is 0 Å². The highest BCUT2D eigenvalue weighted by Gasteiger charge is 2.30. The molecule has 0 amide bonds. The minimum absolute atomic E-state index is 0.158. The summed E-state index contributed by atoms with van der Waals surface area (Å²) in [7, 11) is 0. The molecule has 1 rings (SSSR count). The third-order valence-electron chi connectivity index (χ3n) is 2.16. The summed E-state index contributed by atoms with van der Waals surface area (Å²) in [6, 6.07) is 0. The first-order valence-corrected chi connectivity index (χ1v) is 4.05. The molecule has 1 atom stereocenters. The minimum Gasteiger partial charge on any atom is -0.389 e. The highest BCUT2D eigenvalue weighted by atomic mass is 16.3. The van der Waals surface area contributed by atoms with Gasteiger partial charge in [0.1, 0.15) is 5.78 Å². The van der Waals surface area contributed by atoms with E-state index in [0.717, 1.165) is 13.0 Å². The van der Waals surface area contributed by atoms with E-state index in [1.807, 2.05) is 0 Å². The number of nitrogens with one attached hydrogen (secondary N) is 1. The molecule has 0 aromatic rings. The van der Waals surface area contributed by atoms with Crippen molar-refractivity contribution >= 4 is 5.78 Å². The molecule has 0 aliphatic carbocycles. The lowest BCUT2D eigenvalue weighted by molar-refractivity contribution is -0.118. The molecule has 3 nitrogen and oxygen atoms in total. The smallest absolute Gasteiger partial charge is 0.129 e. The lowest BCUT2D eigenvalue weighted by atomic mass is 9.96. The highest BCUT2D eigenvalue weighted by Crippen LogP contribution is 2.20. The molecule has 1 unspecified atom stereocenters. The van der Waals surface area contributed by atoms with Crippen molar-refractivity contribution in [3.8, 4) is 0 Å². The van der Waals surface area contributed by atoms with Crippen LogP contribution < -0.4 is 5.32 Å². The summed E-state index contributed by atoms with van der Waals surface area (Å²) in [5, 5.41) is 12.8. The number of hydrogen-bond acceptors (Lipinski definition) is 3. The predicted molar refractivity (Wildman–Crippen MR) is 42.4 cm³/mol. The summed E-state index contributed by atoms with van der Waals surface area (Å²) in [6.07, 6.45) is 1.88. The minimum atomic E-state index is -0.605. The molecule has 1 saturated heterocycles. The number of carbonyl (C=O) groups is 1. The van der Waals surface area contributed by atoms with E-state index in [1.54, 1.807) is 6.92 Å². The van der Waals surface area contributed by atoms with E-state index in [4.69, 9.17) is 0 Å². The van der Waals surface area contributed by atoms with Gasteiger partial charge in [-0.25, -0.2) is 0 Å². The Balaban J connectivity index is 2.28. The number of carbonyl (C=O) groups excluding carboxylic acids is 1. The summed E-state index contributed by atoms with van der Waals surface area (Å²) >= 11 is 0. The van der Waals surface area contributed by atoms with Crippen LogP contribution in [0.2, 0.25) is 0 Å². The first-order valence-electron chi connectivity index (χ1n) is 4.05. The fraction of sp³-hybridized carbons (Fsp3) is 0.875. The fourth-order valence-corrected chi connectivity index (χ4v) is 1.35. The maximum absolute atomic E-state index is 10.6. The normalized spacial score (nSPS) is 30.7. The molecule has 0 aromatic heterocycles. The van der Waals surface area contributed by atoms with Gasteiger partial charge in [0.25, 0.3) is 0 Å². The van der Waals surface area contributed by atoms with Crippen molar-refractivity contribution in [1.82, 2.24) is 5.32 Å². The second kappa shape index (κ2) is 3.32. The van der Waals surface area contributed by atoms with Gasteiger partial charge in [-0.05, 0) is 26.3 Å². The van der Waals surface area contributed by atoms with Gasteiger partial charge in [-0.1, -0.05) is 0 Å². The SMILES string of the molecule is CC(=O)CCC1(O)CCNC1. The topological polar surface area (TPSA) is 49.3 Å². The molecule has 64 valence electrons. The van der Waals surface area contributed by atoms with Gasteiger partial charge in [0.2, 0.25) is 0 Å². The van der Waals surface area contributed by atoms with Crippen LogP contribution in [-0.2, 0) is 4.79 Å². The molecule has 1 aliphatic heterocycles. The Kier molecular flexibility index (Phi) is 2.62. The maximum Gasteiger partial charge on any atom is 0.129 e. The molecule has 2 N–H and O–H groups in total. The Labute approximate surface area is 66.8 Å². The zero-order valence-corrected chi connectivity index (χ0v) is 6.89. The Bertz CT molecular complexity index is 150. The summed E-state index contributed by atoms with van der Waals surface area (Å²) in [6.45, 7) is 3.07. The van der Waals surface area contributed by atoms with Gasteiger partial charge in [0, 0.05) is 13.0 Å². The number of rotatable bonds is 3. The van der Waals surface area contributed by atoms with Gasteiger partial charge in [0.15, 0.2) is 0 Å². The van der Waals surface area contributed by atoms with Gasteiger partial charge >= 0.3 is 0 Å². The number of ketones is 1. The van der Waals surface area contributed by atoms with Crippen molar-refractivity contribution < 1.29 is 9.90 Å². The van der Waals surface area contributed by atoms with Gasteiger partial charge in [0.05, 0.1) is 5.60 Å². The second-order valence-corrected chi connectivity index (χ2v) is 3.35. The molecule has 1 fully saturated rings. The molecule has 1 heterocycles. The Morgan fingerprint density at radius 3 is 2.91 bits per heavy atom. The number of aliphatic hydroxyl groups is 1. The highest BCUT2D eigenvalue weighted by molar-refractivity contribution is 5.75. The average Bonchev–Trinajstić information content (AvgIpc) is 2.33. The van der Waals surface area contributed by atoms with Crippen LogP contribution in [0.4, 0.5) is 0 Å². The average molecular weight is 157 g/mol. The van der Waals surface area contributed by atoms with Crippen LogP contribution >= 0.6 is 0 Å². The van der Waals surface area contributed by atoms with Crippen LogP contribution in [0.3, 0.4) is 0 Å². The van der Waals surface area contributed by atoms with E-state index in [0.29, 0.717) is 19.4 Å². The molecular weight excluding hydrogens is 142 g/mol. The van der Waals surface area contributed by atoms with Crippen LogP contribution in [0.5, 0.6) is 0 Å². The second-order valence-electron chi connectivity index (χ2n) is 3.35. The Morgan fingerprint density at radius 1 is 1.73 bits per heavy atom. The van der Waals surface area contributed by atoms with Crippen LogP contribution in [0.1, 0.15) is 26.2 Å². The zero-order chi connectivity index (χ0) is 8.32. The van der Waals surface area contributed by atoms with Gasteiger partial charge < -0.3 is 15.2 Å². The molecule has 0 spiro atoms. The molecule has 0 radical (unpaired) electrons. The van der Waals surface area contributed by atoms with Crippen molar-refractivity contribution in [2.75, 3.05) is 13.1 Å². The number of Topliss-reactive ketones (excluding diaryl/α,β-unsaturated/α-hetero) is 1. The van der Waals surface area contributed by atoms with Crippen LogP contribution in [-0.4, -0.2) is 29.6 Å². The molecule has 0 saturated carbocycles. The monoisotopic (exact) mass is 157 g/mol. The van der Waals surface area contributed by atoms with E-state index in [2.05, 4.69) is 5.32 Å².